The van der Waals surface area contributed by atoms with E-state index in [1.165, 1.54) is 5.56 Å². The van der Waals surface area contributed by atoms with E-state index in [0.717, 1.165) is 29.1 Å². The number of fused-ring (bicyclic) bond motifs is 1. The first kappa shape index (κ1) is 13.9. The van der Waals surface area contributed by atoms with Gasteiger partial charge in [0, 0.05) is 18.2 Å². The van der Waals surface area contributed by atoms with Gasteiger partial charge in [-0.25, -0.2) is 4.98 Å². The van der Waals surface area contributed by atoms with Crippen molar-refractivity contribution in [1.29, 1.82) is 0 Å². The lowest BCUT2D eigenvalue weighted by molar-refractivity contribution is 0.467. The normalized spacial score (nSPS) is 11.6. The van der Waals surface area contributed by atoms with Gasteiger partial charge in [-0.3, -0.25) is 0 Å². The average molecular weight is 283 g/mol. The van der Waals surface area contributed by atoms with Crippen molar-refractivity contribution in [1.82, 2.24) is 14.9 Å². The molecule has 0 amide bonds. The number of nitrogens with one attached hydrogen (secondary N) is 1. The van der Waals surface area contributed by atoms with Crippen molar-refractivity contribution in [2.75, 3.05) is 0 Å². The number of aryl methyl sites for hydroxylation is 1. The number of benzene rings is 1. The second-order valence-corrected chi connectivity index (χ2v) is 5.69. The van der Waals surface area contributed by atoms with Gasteiger partial charge in [0.05, 0.1) is 23.9 Å². The summed E-state index contributed by atoms with van der Waals surface area (Å²) in [6.07, 6.45) is 1.87. The maximum Gasteiger partial charge on any atom is 0.124 e. The second-order valence-electron chi connectivity index (χ2n) is 5.69. The summed E-state index contributed by atoms with van der Waals surface area (Å²) in [6, 6.07) is 10.8. The number of hydrogen-bond donors (Lipinski definition) is 1. The molecule has 0 saturated carbocycles. The minimum absolute atomic E-state index is 0.473. The Morgan fingerprint density at radius 2 is 2.10 bits per heavy atom. The Bertz CT molecular complexity index is 739. The SMILES string of the molecule is Cc1oc(Cn2cnc3ccccc32)cc1CNC(C)C. The minimum Gasteiger partial charge on any atom is -0.464 e. The third-order valence-electron chi connectivity index (χ3n) is 3.63. The first-order valence-corrected chi connectivity index (χ1v) is 7.35. The van der Waals surface area contributed by atoms with Crippen LogP contribution in [0.15, 0.2) is 41.1 Å². The van der Waals surface area contributed by atoms with Gasteiger partial charge in [-0.1, -0.05) is 26.0 Å². The molecule has 2 aromatic heterocycles. The van der Waals surface area contributed by atoms with Crippen LogP contribution in [0.4, 0.5) is 0 Å². The molecule has 4 nitrogen and oxygen atoms in total. The molecule has 0 saturated heterocycles. The molecule has 1 aromatic carbocycles. The summed E-state index contributed by atoms with van der Waals surface area (Å²) < 4.78 is 8.00. The number of aromatic nitrogens is 2. The zero-order chi connectivity index (χ0) is 14.8. The predicted molar refractivity (Wildman–Crippen MR) is 84.3 cm³/mol. The molecular weight excluding hydrogens is 262 g/mol. The standard InChI is InChI=1S/C17H21N3O/c1-12(2)18-9-14-8-15(21-13(14)3)10-20-11-19-16-6-4-5-7-17(16)20/h4-8,11-12,18H,9-10H2,1-3H3. The van der Waals surface area contributed by atoms with E-state index in [1.807, 2.05) is 31.5 Å². The fraction of sp³-hybridized carbons (Fsp3) is 0.353. The predicted octanol–water partition coefficient (Wildman–Crippen LogP) is 3.48. The van der Waals surface area contributed by atoms with Crippen molar-refractivity contribution in [2.24, 2.45) is 0 Å². The van der Waals surface area contributed by atoms with Crippen molar-refractivity contribution in [3.63, 3.8) is 0 Å². The molecule has 3 aromatic rings. The molecule has 0 spiro atoms. The van der Waals surface area contributed by atoms with Gasteiger partial charge < -0.3 is 14.3 Å². The third-order valence-corrected chi connectivity index (χ3v) is 3.63. The molecule has 0 bridgehead atoms. The maximum absolute atomic E-state index is 5.88. The first-order chi connectivity index (χ1) is 10.1. The summed E-state index contributed by atoms with van der Waals surface area (Å²) in [5.74, 6) is 1.96. The summed E-state index contributed by atoms with van der Waals surface area (Å²) in [5, 5.41) is 3.43. The number of imidazole rings is 1. The van der Waals surface area contributed by atoms with Crippen molar-refractivity contribution in [3.8, 4) is 0 Å². The van der Waals surface area contributed by atoms with Crippen LogP contribution in [0.1, 0.15) is 30.9 Å². The highest BCUT2D eigenvalue weighted by atomic mass is 16.3. The molecule has 0 fully saturated rings. The zero-order valence-electron chi connectivity index (χ0n) is 12.8. The van der Waals surface area contributed by atoms with Crippen LogP contribution in [0.3, 0.4) is 0 Å². The Labute approximate surface area is 124 Å². The zero-order valence-corrected chi connectivity index (χ0v) is 12.8. The van der Waals surface area contributed by atoms with Crippen LogP contribution >= 0.6 is 0 Å². The van der Waals surface area contributed by atoms with E-state index in [4.69, 9.17) is 4.42 Å². The van der Waals surface area contributed by atoms with Crippen LogP contribution in [0.25, 0.3) is 11.0 Å². The van der Waals surface area contributed by atoms with Gasteiger partial charge in [-0.05, 0) is 25.1 Å². The van der Waals surface area contributed by atoms with Crippen LogP contribution in [0.5, 0.6) is 0 Å². The minimum atomic E-state index is 0.473. The molecule has 1 N–H and O–H groups in total. The molecule has 0 unspecified atom stereocenters. The summed E-state index contributed by atoms with van der Waals surface area (Å²) in [6.45, 7) is 7.87. The van der Waals surface area contributed by atoms with Crippen molar-refractivity contribution < 1.29 is 4.42 Å². The second kappa shape index (κ2) is 5.74. The Morgan fingerprint density at radius 1 is 1.29 bits per heavy atom. The Morgan fingerprint density at radius 3 is 2.90 bits per heavy atom. The number of para-hydroxylation sites is 2. The molecule has 0 aliphatic heterocycles. The van der Waals surface area contributed by atoms with Gasteiger partial charge >= 0.3 is 0 Å². The van der Waals surface area contributed by atoms with Gasteiger partial charge in [0.2, 0.25) is 0 Å². The van der Waals surface area contributed by atoms with Crippen LogP contribution in [-0.4, -0.2) is 15.6 Å². The van der Waals surface area contributed by atoms with E-state index in [2.05, 4.69) is 40.8 Å². The first-order valence-electron chi connectivity index (χ1n) is 7.35. The van der Waals surface area contributed by atoms with Gasteiger partial charge in [0.15, 0.2) is 0 Å². The number of hydrogen-bond acceptors (Lipinski definition) is 3. The molecule has 0 atom stereocenters. The fourth-order valence-corrected chi connectivity index (χ4v) is 2.46. The topological polar surface area (TPSA) is 43.0 Å². The van der Waals surface area contributed by atoms with Crippen molar-refractivity contribution in [3.05, 3.63) is 53.7 Å². The molecule has 0 aliphatic rings. The van der Waals surface area contributed by atoms with E-state index in [0.29, 0.717) is 12.6 Å². The van der Waals surface area contributed by atoms with Gasteiger partial charge in [0.1, 0.15) is 11.5 Å². The molecule has 3 rings (SSSR count). The molecule has 0 aliphatic carbocycles. The van der Waals surface area contributed by atoms with Crippen LogP contribution in [0.2, 0.25) is 0 Å². The highest BCUT2D eigenvalue weighted by Crippen LogP contribution is 2.18. The molecule has 4 heteroatoms. The molecule has 21 heavy (non-hydrogen) atoms. The lowest BCUT2D eigenvalue weighted by atomic mass is 10.2. The Kier molecular flexibility index (Phi) is 3.80. The summed E-state index contributed by atoms with van der Waals surface area (Å²) in [5.41, 5.74) is 3.37. The maximum atomic E-state index is 5.88. The lowest BCUT2D eigenvalue weighted by Gasteiger charge is -2.06. The van der Waals surface area contributed by atoms with Gasteiger partial charge in [-0.15, -0.1) is 0 Å². The van der Waals surface area contributed by atoms with E-state index >= 15 is 0 Å². The number of rotatable bonds is 5. The van der Waals surface area contributed by atoms with Crippen LogP contribution in [0, 0.1) is 6.92 Å². The highest BCUT2D eigenvalue weighted by Gasteiger charge is 2.10. The van der Waals surface area contributed by atoms with E-state index in [-0.39, 0.29) is 0 Å². The lowest BCUT2D eigenvalue weighted by Crippen LogP contribution is -2.21. The number of nitrogens with zero attached hydrogens (tertiary/aromatic N) is 2. The van der Waals surface area contributed by atoms with E-state index in [1.54, 1.807) is 0 Å². The van der Waals surface area contributed by atoms with Gasteiger partial charge in [0.25, 0.3) is 0 Å². The summed E-state index contributed by atoms with van der Waals surface area (Å²) >= 11 is 0. The largest absolute Gasteiger partial charge is 0.464 e. The van der Waals surface area contributed by atoms with Gasteiger partial charge in [-0.2, -0.15) is 0 Å². The van der Waals surface area contributed by atoms with Crippen molar-refractivity contribution >= 4 is 11.0 Å². The molecule has 0 radical (unpaired) electrons. The molecule has 2 heterocycles. The quantitative estimate of drug-likeness (QED) is 0.779. The average Bonchev–Trinajstić information content (AvgIpc) is 3.01. The van der Waals surface area contributed by atoms with E-state index < -0.39 is 0 Å². The van der Waals surface area contributed by atoms with Crippen LogP contribution in [-0.2, 0) is 13.1 Å². The third kappa shape index (κ3) is 3.00. The highest BCUT2D eigenvalue weighted by molar-refractivity contribution is 5.74. The Balaban J connectivity index is 1.80. The summed E-state index contributed by atoms with van der Waals surface area (Å²) in [7, 11) is 0. The van der Waals surface area contributed by atoms with E-state index in [9.17, 15) is 0 Å². The number of furan rings is 1. The Hall–Kier alpha value is -2.07. The molecule has 110 valence electrons. The fourth-order valence-electron chi connectivity index (χ4n) is 2.46. The smallest absolute Gasteiger partial charge is 0.124 e. The molecular formula is C17H21N3O. The van der Waals surface area contributed by atoms with Crippen molar-refractivity contribution in [2.45, 2.75) is 39.9 Å². The monoisotopic (exact) mass is 283 g/mol. The summed E-state index contributed by atoms with van der Waals surface area (Å²) in [4.78, 5) is 4.41. The van der Waals surface area contributed by atoms with Crippen LogP contribution < -0.4 is 5.32 Å².